The van der Waals surface area contributed by atoms with E-state index in [0.717, 1.165) is 57.7 Å². The van der Waals surface area contributed by atoms with Crippen molar-refractivity contribution in [2.75, 3.05) is 30.9 Å². The summed E-state index contributed by atoms with van der Waals surface area (Å²) in [6.45, 7) is 0.248. The van der Waals surface area contributed by atoms with Crippen LogP contribution in [0.25, 0.3) is 10.6 Å². The van der Waals surface area contributed by atoms with Crippen LogP contribution in [-0.4, -0.2) is 46.9 Å². The van der Waals surface area contributed by atoms with Crippen molar-refractivity contribution in [3.8, 4) is 10.6 Å². The molecule has 2 N–H and O–H groups in total. The van der Waals surface area contributed by atoms with Crippen molar-refractivity contribution in [2.24, 2.45) is 10.9 Å². The van der Waals surface area contributed by atoms with Gasteiger partial charge in [0.05, 0.1) is 21.8 Å². The quantitative estimate of drug-likeness (QED) is 0.523. The normalized spacial score (nSPS) is 20.0. The largest absolute Gasteiger partial charge is 0.396 e. The van der Waals surface area contributed by atoms with E-state index in [1.54, 1.807) is 23.1 Å². The molecule has 2 aliphatic rings. The van der Waals surface area contributed by atoms with Crippen LogP contribution in [0.15, 0.2) is 46.8 Å². The zero-order valence-electron chi connectivity index (χ0n) is 18.3. The summed E-state index contributed by atoms with van der Waals surface area (Å²) in [7, 11) is 3.94. The topological polar surface area (TPSA) is 73.6 Å². The first-order chi connectivity index (χ1) is 15.6. The van der Waals surface area contributed by atoms with Crippen LogP contribution in [0.2, 0.25) is 0 Å². The fourth-order valence-corrected chi connectivity index (χ4v) is 6.03. The maximum absolute atomic E-state index is 9.61. The SMILES string of the molecule is CN(C)c1nc(NC2CCC(CO)C2)c(C2=Nc3ccccc3CS2)c(-c2cccs2)n1. The second-order valence-corrected chi connectivity index (χ2v) is 10.4. The Morgan fingerprint density at radius 3 is 2.75 bits per heavy atom. The van der Waals surface area contributed by atoms with Gasteiger partial charge in [0.15, 0.2) is 0 Å². The zero-order valence-corrected chi connectivity index (χ0v) is 19.9. The van der Waals surface area contributed by atoms with Gasteiger partial charge in [-0.3, -0.25) is 0 Å². The van der Waals surface area contributed by atoms with Gasteiger partial charge in [-0.2, -0.15) is 4.98 Å². The number of fused-ring (bicyclic) bond motifs is 1. The molecule has 1 aliphatic carbocycles. The van der Waals surface area contributed by atoms with Gasteiger partial charge < -0.3 is 15.3 Å². The van der Waals surface area contributed by atoms with Crippen molar-refractivity contribution < 1.29 is 5.11 Å². The lowest BCUT2D eigenvalue weighted by molar-refractivity contribution is 0.229. The number of nitrogens with zero attached hydrogens (tertiary/aromatic N) is 4. The minimum Gasteiger partial charge on any atom is -0.396 e. The van der Waals surface area contributed by atoms with Crippen LogP contribution < -0.4 is 10.2 Å². The molecule has 0 saturated heterocycles. The molecule has 2 atom stereocenters. The van der Waals surface area contributed by atoms with Crippen molar-refractivity contribution in [1.29, 1.82) is 0 Å². The molecule has 5 rings (SSSR count). The van der Waals surface area contributed by atoms with Gasteiger partial charge in [-0.1, -0.05) is 24.3 Å². The highest BCUT2D eigenvalue weighted by Gasteiger charge is 2.29. The first-order valence-corrected chi connectivity index (χ1v) is 12.8. The summed E-state index contributed by atoms with van der Waals surface area (Å²) >= 11 is 3.42. The van der Waals surface area contributed by atoms with Gasteiger partial charge in [0, 0.05) is 32.5 Å². The summed E-state index contributed by atoms with van der Waals surface area (Å²) in [5, 5.41) is 16.4. The van der Waals surface area contributed by atoms with Crippen LogP contribution in [0, 0.1) is 5.92 Å². The molecule has 1 saturated carbocycles. The number of anilines is 2. The number of thiophene rings is 1. The van der Waals surface area contributed by atoms with Gasteiger partial charge in [0.1, 0.15) is 10.9 Å². The maximum Gasteiger partial charge on any atom is 0.227 e. The second-order valence-electron chi connectivity index (χ2n) is 8.50. The highest BCUT2D eigenvalue weighted by Crippen LogP contribution is 2.40. The number of aliphatic hydroxyl groups excluding tert-OH is 1. The predicted molar refractivity (Wildman–Crippen MR) is 135 cm³/mol. The molecule has 0 radical (unpaired) electrons. The summed E-state index contributed by atoms with van der Waals surface area (Å²) in [6.07, 6.45) is 3.02. The molecule has 0 spiro atoms. The molecule has 0 bridgehead atoms. The molecule has 6 nitrogen and oxygen atoms in total. The third kappa shape index (κ3) is 4.27. The zero-order chi connectivity index (χ0) is 22.1. The van der Waals surface area contributed by atoms with Crippen molar-refractivity contribution in [3.05, 3.63) is 52.9 Å². The van der Waals surface area contributed by atoms with Crippen LogP contribution in [0.3, 0.4) is 0 Å². The van der Waals surface area contributed by atoms with E-state index in [9.17, 15) is 5.11 Å². The van der Waals surface area contributed by atoms with E-state index in [2.05, 4.69) is 41.0 Å². The smallest absolute Gasteiger partial charge is 0.227 e. The van der Waals surface area contributed by atoms with Crippen molar-refractivity contribution in [2.45, 2.75) is 31.1 Å². The number of aromatic nitrogens is 2. The van der Waals surface area contributed by atoms with E-state index in [-0.39, 0.29) is 12.6 Å². The maximum atomic E-state index is 9.61. The monoisotopic (exact) mass is 465 g/mol. The van der Waals surface area contributed by atoms with Crippen molar-refractivity contribution >= 4 is 45.6 Å². The number of benzene rings is 1. The average Bonchev–Trinajstić information content (AvgIpc) is 3.50. The lowest BCUT2D eigenvalue weighted by Gasteiger charge is -2.23. The lowest BCUT2D eigenvalue weighted by Crippen LogP contribution is -2.23. The Balaban J connectivity index is 1.65. The molecule has 32 heavy (non-hydrogen) atoms. The molecule has 8 heteroatoms. The Morgan fingerprint density at radius 2 is 2.00 bits per heavy atom. The van der Waals surface area contributed by atoms with Crippen molar-refractivity contribution in [1.82, 2.24) is 9.97 Å². The van der Waals surface area contributed by atoms with Gasteiger partial charge in [-0.15, -0.1) is 23.1 Å². The Kier molecular flexibility index (Phi) is 6.17. The Hall–Kier alpha value is -2.42. The van der Waals surface area contributed by atoms with E-state index in [0.29, 0.717) is 11.9 Å². The molecule has 2 aromatic heterocycles. The third-order valence-electron chi connectivity index (χ3n) is 5.98. The third-order valence-corrected chi connectivity index (χ3v) is 7.88. The number of aliphatic imine (C=N–C) groups is 1. The summed E-state index contributed by atoms with van der Waals surface area (Å²) in [6, 6.07) is 12.8. The average molecular weight is 466 g/mol. The van der Waals surface area contributed by atoms with Crippen LogP contribution in [0.5, 0.6) is 0 Å². The number of hydrogen-bond acceptors (Lipinski definition) is 8. The number of rotatable bonds is 6. The first-order valence-electron chi connectivity index (χ1n) is 10.9. The van der Waals surface area contributed by atoms with E-state index < -0.39 is 0 Å². The van der Waals surface area contributed by atoms with Crippen molar-refractivity contribution in [3.63, 3.8) is 0 Å². The van der Waals surface area contributed by atoms with Crippen LogP contribution in [-0.2, 0) is 5.75 Å². The molecular weight excluding hydrogens is 438 g/mol. The number of thioether (sulfide) groups is 1. The molecule has 166 valence electrons. The summed E-state index contributed by atoms with van der Waals surface area (Å²) in [4.78, 5) is 18.0. The van der Waals surface area contributed by atoms with E-state index in [1.165, 1.54) is 5.56 Å². The van der Waals surface area contributed by atoms with E-state index in [4.69, 9.17) is 15.0 Å². The van der Waals surface area contributed by atoms with Gasteiger partial charge in [-0.25, -0.2) is 9.98 Å². The summed E-state index contributed by atoms with van der Waals surface area (Å²) in [5.41, 5.74) is 4.16. The summed E-state index contributed by atoms with van der Waals surface area (Å²) in [5.74, 6) is 2.75. The standard InChI is InChI=1S/C24H27N5OS2/c1-29(2)24-27-21(19-8-5-11-31-19)20(22(28-24)25-17-10-9-15(12-17)13-30)23-26-18-7-4-3-6-16(18)14-32-23/h3-8,11,15,17,30H,9-10,12-14H2,1-2H3,(H,25,27,28). The number of aliphatic hydroxyl groups is 1. The minimum absolute atomic E-state index is 0.248. The Bertz CT molecular complexity index is 1130. The second kappa shape index (κ2) is 9.21. The Morgan fingerprint density at radius 1 is 1.12 bits per heavy atom. The number of nitrogens with one attached hydrogen (secondary N) is 1. The highest BCUT2D eigenvalue weighted by atomic mass is 32.2. The fourth-order valence-electron chi connectivity index (χ4n) is 4.27. The van der Waals surface area contributed by atoms with Gasteiger partial charge in [0.2, 0.25) is 5.95 Å². The molecular formula is C24H27N5OS2. The molecule has 2 unspecified atom stereocenters. The fraction of sp³-hybridized carbons (Fsp3) is 0.375. The molecule has 1 aromatic carbocycles. The van der Waals surface area contributed by atoms with E-state index in [1.807, 2.05) is 25.1 Å². The van der Waals surface area contributed by atoms with Crippen LogP contribution in [0.4, 0.5) is 17.5 Å². The van der Waals surface area contributed by atoms with Gasteiger partial charge >= 0.3 is 0 Å². The summed E-state index contributed by atoms with van der Waals surface area (Å²) < 4.78 is 0. The molecule has 3 heterocycles. The molecule has 1 aliphatic heterocycles. The molecule has 1 fully saturated rings. The minimum atomic E-state index is 0.248. The van der Waals surface area contributed by atoms with E-state index >= 15 is 0 Å². The van der Waals surface area contributed by atoms with Gasteiger partial charge in [0.25, 0.3) is 0 Å². The van der Waals surface area contributed by atoms with Crippen LogP contribution in [0.1, 0.15) is 30.4 Å². The lowest BCUT2D eigenvalue weighted by atomic mass is 10.1. The van der Waals surface area contributed by atoms with Gasteiger partial charge in [-0.05, 0) is 48.3 Å². The molecule has 3 aromatic rings. The first kappa shape index (κ1) is 21.4. The number of hydrogen-bond donors (Lipinski definition) is 2. The highest BCUT2D eigenvalue weighted by molar-refractivity contribution is 8.13. The van der Waals surface area contributed by atoms with Crippen LogP contribution >= 0.6 is 23.1 Å². The number of para-hydroxylation sites is 1. The predicted octanol–water partition coefficient (Wildman–Crippen LogP) is 5.17. The Labute approximate surface area is 196 Å². The molecule has 0 amide bonds.